The van der Waals surface area contributed by atoms with E-state index in [1.54, 1.807) is 13.0 Å². The van der Waals surface area contributed by atoms with Gasteiger partial charge in [0.25, 0.3) is 0 Å². The van der Waals surface area contributed by atoms with Crippen molar-refractivity contribution in [2.45, 2.75) is 38.6 Å². The third-order valence-electron chi connectivity index (χ3n) is 3.30. The molecule has 0 aromatic rings. The summed E-state index contributed by atoms with van der Waals surface area (Å²) < 4.78 is 4.81. The maximum absolute atomic E-state index is 11.8. The van der Waals surface area contributed by atoms with Crippen molar-refractivity contribution in [3.63, 3.8) is 0 Å². The van der Waals surface area contributed by atoms with E-state index in [-0.39, 0.29) is 30.8 Å². The second-order valence-electron chi connectivity index (χ2n) is 5.00. The molecule has 0 aromatic heterocycles. The zero-order valence-corrected chi connectivity index (χ0v) is 12.8. The Balaban J connectivity index is 2.63. The number of terminal acetylenes is 1. The monoisotopic (exact) mass is 306 g/mol. The predicted octanol–water partition coefficient (Wildman–Crippen LogP) is 0.530. The number of hydrogen-bond donors (Lipinski definition) is 2. The number of rotatable bonds is 8. The van der Waals surface area contributed by atoms with Crippen LogP contribution < -0.4 is 10.6 Å². The van der Waals surface area contributed by atoms with Gasteiger partial charge in [0, 0.05) is 37.4 Å². The first-order valence-electron chi connectivity index (χ1n) is 7.42. The Hall–Kier alpha value is -2.29. The highest BCUT2D eigenvalue weighted by Crippen LogP contribution is 2.17. The Bertz CT molecular complexity index is 479. The zero-order chi connectivity index (χ0) is 16.4. The number of ether oxygens (including phenoxy) is 1. The van der Waals surface area contributed by atoms with Gasteiger partial charge < -0.3 is 15.4 Å². The quantitative estimate of drug-likeness (QED) is 0.389. The van der Waals surface area contributed by atoms with Crippen LogP contribution in [-0.4, -0.2) is 37.0 Å². The summed E-state index contributed by atoms with van der Waals surface area (Å²) in [5.41, 5.74) is 0. The van der Waals surface area contributed by atoms with Crippen molar-refractivity contribution in [2.75, 3.05) is 13.2 Å². The van der Waals surface area contributed by atoms with Gasteiger partial charge in [-0.1, -0.05) is 6.08 Å². The Morgan fingerprint density at radius 3 is 2.95 bits per heavy atom. The van der Waals surface area contributed by atoms with E-state index in [1.807, 2.05) is 0 Å². The van der Waals surface area contributed by atoms with Crippen molar-refractivity contribution in [3.05, 3.63) is 12.2 Å². The van der Waals surface area contributed by atoms with E-state index in [1.165, 1.54) is 6.08 Å². The molecule has 1 aliphatic rings. The van der Waals surface area contributed by atoms with Crippen LogP contribution in [0.25, 0.3) is 0 Å². The first kappa shape index (κ1) is 17.8. The Morgan fingerprint density at radius 2 is 2.36 bits per heavy atom. The fourth-order valence-corrected chi connectivity index (χ4v) is 2.21. The summed E-state index contributed by atoms with van der Waals surface area (Å²) in [6.45, 7) is 2.64. The molecule has 120 valence electrons. The van der Waals surface area contributed by atoms with Crippen LogP contribution in [0.4, 0.5) is 0 Å². The molecule has 1 heterocycles. The number of esters is 1. The molecule has 0 unspecified atom stereocenters. The Kier molecular flexibility index (Phi) is 7.76. The average molecular weight is 306 g/mol. The van der Waals surface area contributed by atoms with Crippen molar-refractivity contribution in [3.8, 4) is 12.3 Å². The number of carbonyl (C=O) groups excluding carboxylic acids is 3. The van der Waals surface area contributed by atoms with Gasteiger partial charge in [-0.15, -0.1) is 12.3 Å². The lowest BCUT2D eigenvalue weighted by Crippen LogP contribution is -2.36. The molecule has 1 fully saturated rings. The summed E-state index contributed by atoms with van der Waals surface area (Å²) in [5, 5.41) is 5.54. The van der Waals surface area contributed by atoms with E-state index < -0.39 is 12.0 Å². The van der Waals surface area contributed by atoms with Gasteiger partial charge in [-0.2, -0.15) is 0 Å². The van der Waals surface area contributed by atoms with Crippen LogP contribution >= 0.6 is 0 Å². The third-order valence-corrected chi connectivity index (χ3v) is 3.30. The smallest absolute Gasteiger partial charge is 0.330 e. The minimum atomic E-state index is -0.471. The van der Waals surface area contributed by atoms with Crippen LogP contribution in [0.15, 0.2) is 12.2 Å². The zero-order valence-electron chi connectivity index (χ0n) is 12.8. The minimum absolute atomic E-state index is 0.0209. The highest BCUT2D eigenvalue weighted by Gasteiger charge is 2.27. The van der Waals surface area contributed by atoms with Gasteiger partial charge in [-0.25, -0.2) is 4.79 Å². The molecule has 22 heavy (non-hydrogen) atoms. The van der Waals surface area contributed by atoms with Gasteiger partial charge >= 0.3 is 5.97 Å². The predicted molar refractivity (Wildman–Crippen MR) is 81.5 cm³/mol. The van der Waals surface area contributed by atoms with Gasteiger partial charge in [-0.3, -0.25) is 9.59 Å². The molecule has 2 amide bonds. The topological polar surface area (TPSA) is 84.5 Å². The molecular formula is C16H22N2O4. The first-order chi connectivity index (χ1) is 10.6. The fourth-order valence-electron chi connectivity index (χ4n) is 2.21. The highest BCUT2D eigenvalue weighted by molar-refractivity contribution is 5.83. The van der Waals surface area contributed by atoms with E-state index in [0.717, 1.165) is 6.42 Å². The number of nitrogens with one attached hydrogen (secondary N) is 2. The van der Waals surface area contributed by atoms with Crippen LogP contribution in [0.5, 0.6) is 0 Å². The van der Waals surface area contributed by atoms with Crippen LogP contribution in [0, 0.1) is 18.3 Å². The largest absolute Gasteiger partial charge is 0.463 e. The SMILES string of the molecule is C#CCCC(=O)N[C@H](/C=C/C(=O)OCC)C[C@@H]1CCNC1=O. The summed E-state index contributed by atoms with van der Waals surface area (Å²) in [7, 11) is 0. The summed E-state index contributed by atoms with van der Waals surface area (Å²) in [5.74, 6) is 1.55. The Morgan fingerprint density at radius 1 is 1.59 bits per heavy atom. The molecule has 1 saturated heterocycles. The molecule has 0 saturated carbocycles. The highest BCUT2D eigenvalue weighted by atomic mass is 16.5. The van der Waals surface area contributed by atoms with Crippen molar-refractivity contribution < 1.29 is 19.1 Å². The third kappa shape index (κ3) is 6.44. The van der Waals surface area contributed by atoms with E-state index >= 15 is 0 Å². The Labute approximate surface area is 130 Å². The van der Waals surface area contributed by atoms with Crippen molar-refractivity contribution >= 4 is 17.8 Å². The van der Waals surface area contributed by atoms with Crippen molar-refractivity contribution in [1.82, 2.24) is 10.6 Å². The van der Waals surface area contributed by atoms with E-state index in [4.69, 9.17) is 11.2 Å². The maximum atomic E-state index is 11.8. The first-order valence-corrected chi connectivity index (χ1v) is 7.42. The molecule has 0 spiro atoms. The molecule has 2 N–H and O–H groups in total. The number of hydrogen-bond acceptors (Lipinski definition) is 4. The van der Waals surface area contributed by atoms with Crippen LogP contribution in [0.1, 0.15) is 32.6 Å². The maximum Gasteiger partial charge on any atom is 0.330 e. The van der Waals surface area contributed by atoms with Crippen LogP contribution in [0.2, 0.25) is 0 Å². The normalized spacial score (nSPS) is 18.5. The van der Waals surface area contributed by atoms with Crippen LogP contribution in [-0.2, 0) is 19.1 Å². The van der Waals surface area contributed by atoms with Gasteiger partial charge in [0.05, 0.1) is 6.61 Å². The second-order valence-corrected chi connectivity index (χ2v) is 5.00. The molecular weight excluding hydrogens is 284 g/mol. The van der Waals surface area contributed by atoms with E-state index in [2.05, 4.69) is 16.6 Å². The number of amides is 2. The molecule has 0 aliphatic carbocycles. The molecule has 1 aliphatic heterocycles. The van der Waals surface area contributed by atoms with Crippen molar-refractivity contribution in [1.29, 1.82) is 0 Å². The molecule has 0 radical (unpaired) electrons. The van der Waals surface area contributed by atoms with Crippen molar-refractivity contribution in [2.24, 2.45) is 5.92 Å². The molecule has 0 aromatic carbocycles. The summed E-state index contributed by atoms with van der Waals surface area (Å²) in [6, 6.07) is -0.400. The molecule has 6 heteroatoms. The summed E-state index contributed by atoms with van der Waals surface area (Å²) in [6.07, 6.45) is 9.72. The molecule has 1 rings (SSSR count). The van der Waals surface area contributed by atoms with Gasteiger partial charge in [0.1, 0.15) is 0 Å². The van der Waals surface area contributed by atoms with Crippen LogP contribution in [0.3, 0.4) is 0 Å². The lowest BCUT2D eigenvalue weighted by molar-refractivity contribution is -0.137. The molecule has 2 atom stereocenters. The molecule has 6 nitrogen and oxygen atoms in total. The fraction of sp³-hybridized carbons (Fsp3) is 0.562. The summed E-state index contributed by atoms with van der Waals surface area (Å²) in [4.78, 5) is 34.8. The average Bonchev–Trinajstić information content (AvgIpc) is 2.88. The minimum Gasteiger partial charge on any atom is -0.463 e. The van der Waals surface area contributed by atoms with Gasteiger partial charge in [0.2, 0.25) is 11.8 Å². The lowest BCUT2D eigenvalue weighted by Gasteiger charge is -2.17. The van der Waals surface area contributed by atoms with Gasteiger partial charge in [0.15, 0.2) is 0 Å². The van der Waals surface area contributed by atoms with Gasteiger partial charge in [-0.05, 0) is 19.8 Å². The second kappa shape index (κ2) is 9.61. The summed E-state index contributed by atoms with van der Waals surface area (Å²) >= 11 is 0. The van der Waals surface area contributed by atoms with E-state index in [0.29, 0.717) is 19.4 Å². The number of carbonyl (C=O) groups is 3. The van der Waals surface area contributed by atoms with E-state index in [9.17, 15) is 14.4 Å². The molecule has 0 bridgehead atoms. The standard InChI is InChI=1S/C16H22N2O4/c1-3-5-6-14(19)18-13(7-8-15(20)22-4-2)11-12-9-10-17-16(12)21/h1,7-8,12-13H,4-6,9-11H2,2H3,(H,17,21)(H,18,19)/b8-7+/t12-,13+/m0/s1. The lowest BCUT2D eigenvalue weighted by atomic mass is 9.98.